The number of aromatic nitrogens is 1. The van der Waals surface area contributed by atoms with Crippen LogP contribution in [0.1, 0.15) is 83.0 Å². The Morgan fingerprint density at radius 2 is 1.36 bits per heavy atom. The molecule has 76 heavy (non-hydrogen) atoms. The minimum absolute atomic E-state index is 0.0459. The molecule has 1 saturated heterocycles. The van der Waals surface area contributed by atoms with Crippen molar-refractivity contribution in [3.05, 3.63) is 102 Å². The van der Waals surface area contributed by atoms with Crippen molar-refractivity contribution in [2.75, 3.05) is 18.1 Å². The van der Waals surface area contributed by atoms with Gasteiger partial charge in [0.1, 0.15) is 23.9 Å². The number of nitrogens with one attached hydrogen (secondary N) is 6. The number of rotatable bonds is 21. The minimum Gasteiger partial charge on any atom is -0.508 e. The number of carboxylic acid groups (broad SMARTS) is 1. The van der Waals surface area contributed by atoms with Crippen LogP contribution in [0.4, 0.5) is 0 Å². The van der Waals surface area contributed by atoms with E-state index in [2.05, 4.69) is 31.6 Å². The number of hydrogen-bond donors (Lipinski definition) is 11. The maximum atomic E-state index is 14.6. The lowest BCUT2D eigenvalue weighted by molar-refractivity contribution is -0.144. The number of unbranched alkanes of at least 4 members (excludes halogenated alkanes) is 1. The first-order valence-electron chi connectivity index (χ1n) is 25.7. The van der Waals surface area contributed by atoms with Crippen LogP contribution in [0.15, 0.2) is 84.9 Å². The van der Waals surface area contributed by atoms with Gasteiger partial charge in [-0.2, -0.15) is 0 Å². The number of nitrogens with two attached hydrogens (primary N) is 1. The molecule has 2 heterocycles. The van der Waals surface area contributed by atoms with E-state index in [1.54, 1.807) is 30.3 Å². The first kappa shape index (κ1) is 60.8. The Labute approximate surface area is 450 Å². The predicted molar refractivity (Wildman–Crippen MR) is 292 cm³/mol. The number of carbonyl (C=O) groups excluding carboxylic acids is 7. The summed E-state index contributed by atoms with van der Waals surface area (Å²) in [6, 6.07) is 17.1. The fourth-order valence-electron chi connectivity index (χ4n) is 8.99. The van der Waals surface area contributed by atoms with Gasteiger partial charge in [0, 0.05) is 66.8 Å². The summed E-state index contributed by atoms with van der Waals surface area (Å²) in [4.78, 5) is 117. The van der Waals surface area contributed by atoms with Crippen LogP contribution in [-0.2, 0) is 57.6 Å². The number of hydrogen-bond acceptors (Lipinski definition) is 15. The van der Waals surface area contributed by atoms with E-state index in [4.69, 9.17) is 5.73 Å². The molecule has 5 rings (SSSR count). The Morgan fingerprint density at radius 1 is 0.724 bits per heavy atom. The van der Waals surface area contributed by atoms with Gasteiger partial charge in [0.15, 0.2) is 17.3 Å². The van der Waals surface area contributed by atoms with Crippen molar-refractivity contribution in [2.24, 2.45) is 23.5 Å². The smallest absolute Gasteiger partial charge is 0.306 e. The van der Waals surface area contributed by atoms with Crippen LogP contribution in [0.25, 0.3) is 10.9 Å². The van der Waals surface area contributed by atoms with E-state index in [-0.39, 0.29) is 61.2 Å². The second-order valence-electron chi connectivity index (χ2n) is 19.9. The largest absolute Gasteiger partial charge is 0.508 e. The number of carbonyl (C=O) groups is 8. The molecule has 3 aromatic carbocycles. The van der Waals surface area contributed by atoms with Gasteiger partial charge in [-0.3, -0.25) is 38.4 Å². The van der Waals surface area contributed by atoms with Crippen LogP contribution < -0.4 is 32.3 Å². The minimum atomic E-state index is -1.70. The summed E-state index contributed by atoms with van der Waals surface area (Å²) in [5.74, 6) is -10.2. The van der Waals surface area contributed by atoms with E-state index in [9.17, 15) is 58.8 Å². The van der Waals surface area contributed by atoms with Gasteiger partial charge < -0.3 is 57.7 Å². The number of benzene rings is 3. The number of H-pyrrole nitrogens is 1. The third-order valence-corrected chi connectivity index (χ3v) is 15.7. The number of Topliss-reactive ketones (excluding diaryl/α,β-unsaturated/α-hetero) is 3. The number of aromatic hydroxyl groups is 1. The van der Waals surface area contributed by atoms with E-state index in [0.717, 1.165) is 38.2 Å². The van der Waals surface area contributed by atoms with Gasteiger partial charge >= 0.3 is 5.97 Å². The molecule has 1 aliphatic heterocycles. The highest BCUT2D eigenvalue weighted by atomic mass is 33.1. The maximum absolute atomic E-state index is 14.6. The topological polar surface area (TPSA) is 319 Å². The van der Waals surface area contributed by atoms with Crippen molar-refractivity contribution >= 4 is 79.4 Å². The van der Waals surface area contributed by atoms with Gasteiger partial charge in [-0.05, 0) is 80.4 Å². The molecule has 0 spiro atoms. The first-order chi connectivity index (χ1) is 36.2. The van der Waals surface area contributed by atoms with E-state index >= 15 is 0 Å². The molecule has 1 aliphatic rings. The highest BCUT2D eigenvalue weighted by Gasteiger charge is 2.38. The van der Waals surface area contributed by atoms with E-state index in [1.807, 2.05) is 44.2 Å². The van der Waals surface area contributed by atoms with Crippen molar-refractivity contribution in [3.8, 4) is 5.75 Å². The second-order valence-corrected chi connectivity index (χ2v) is 22.4. The molecule has 3 unspecified atom stereocenters. The van der Waals surface area contributed by atoms with Gasteiger partial charge in [0.05, 0.1) is 36.1 Å². The summed E-state index contributed by atoms with van der Waals surface area (Å²) in [6.45, 7) is 6.64. The molecule has 0 aliphatic carbocycles. The Balaban J connectivity index is 1.55. The second kappa shape index (κ2) is 30.0. The lowest BCUT2D eigenvalue weighted by atomic mass is 9.89. The van der Waals surface area contributed by atoms with Crippen LogP contribution in [0.2, 0.25) is 0 Å². The predicted octanol–water partition coefficient (Wildman–Crippen LogP) is 3.30. The highest BCUT2D eigenvalue weighted by Crippen LogP contribution is 2.29. The molecule has 0 saturated carbocycles. The lowest BCUT2D eigenvalue weighted by Gasteiger charge is -2.29. The molecular formula is C55H73N7O12S2. The number of aliphatic hydroxyl groups excluding tert-OH is 2. The fraction of sp³-hybridized carbons (Fsp3) is 0.491. The Kier molecular flexibility index (Phi) is 24.0. The number of para-hydroxylation sites is 1. The van der Waals surface area contributed by atoms with Crippen LogP contribution >= 0.6 is 21.6 Å². The molecule has 4 aromatic rings. The molecule has 0 radical (unpaired) electrons. The van der Waals surface area contributed by atoms with E-state index in [1.165, 1.54) is 38.1 Å². The van der Waals surface area contributed by atoms with Crippen LogP contribution in [0, 0.1) is 17.8 Å². The number of amides is 4. The van der Waals surface area contributed by atoms with Gasteiger partial charge in [0.25, 0.3) is 0 Å². The van der Waals surface area contributed by atoms with Crippen molar-refractivity contribution in [2.45, 2.75) is 134 Å². The number of phenolic OH excluding ortho intramolecular Hbond substituents is 1. The highest BCUT2D eigenvalue weighted by molar-refractivity contribution is 8.76. The Bertz CT molecular complexity index is 2560. The monoisotopic (exact) mass is 1090 g/mol. The molecular weight excluding hydrogens is 1010 g/mol. The zero-order valence-electron chi connectivity index (χ0n) is 43.4. The van der Waals surface area contributed by atoms with Crippen molar-refractivity contribution < 1.29 is 58.8 Å². The van der Waals surface area contributed by atoms with Gasteiger partial charge in [-0.1, -0.05) is 103 Å². The number of fused-ring (bicyclic) bond motifs is 1. The maximum Gasteiger partial charge on any atom is 0.306 e. The molecule has 412 valence electrons. The number of aliphatic carboxylic acids is 1. The normalized spacial score (nSPS) is 22.3. The molecule has 19 nitrogen and oxygen atoms in total. The lowest BCUT2D eigenvalue weighted by Crippen LogP contribution is -2.59. The quantitative estimate of drug-likeness (QED) is 0.0421. The van der Waals surface area contributed by atoms with Crippen molar-refractivity contribution in [1.82, 2.24) is 31.6 Å². The average molecular weight is 1090 g/mol. The summed E-state index contributed by atoms with van der Waals surface area (Å²) < 4.78 is 0. The fourth-order valence-corrected chi connectivity index (χ4v) is 11.5. The van der Waals surface area contributed by atoms with E-state index < -0.39 is 114 Å². The Hall–Kier alpha value is -6.10. The summed E-state index contributed by atoms with van der Waals surface area (Å²) >= 11 is 0. The summed E-state index contributed by atoms with van der Waals surface area (Å²) in [5.41, 5.74) is 8.41. The number of aromatic amines is 1. The van der Waals surface area contributed by atoms with Gasteiger partial charge in [-0.25, -0.2) is 0 Å². The third-order valence-electron chi connectivity index (χ3n) is 13.2. The Morgan fingerprint density at radius 3 is 2.00 bits per heavy atom. The molecule has 21 heteroatoms. The van der Waals surface area contributed by atoms with Crippen LogP contribution in [0.3, 0.4) is 0 Å². The van der Waals surface area contributed by atoms with Crippen LogP contribution in [-0.4, -0.2) is 139 Å². The number of aliphatic hydroxyl groups is 2. The van der Waals surface area contributed by atoms with Crippen LogP contribution in [0.5, 0.6) is 5.75 Å². The summed E-state index contributed by atoms with van der Waals surface area (Å²) in [7, 11) is 2.17. The van der Waals surface area contributed by atoms with Crippen molar-refractivity contribution in [1.29, 1.82) is 0 Å². The molecule has 12 N–H and O–H groups in total. The van der Waals surface area contributed by atoms with Crippen molar-refractivity contribution in [3.63, 3.8) is 0 Å². The van der Waals surface area contributed by atoms with Gasteiger partial charge in [-0.15, -0.1) is 0 Å². The SMILES string of the molecule is CC(C)N[C@H](Cc1cc2ccccc2[nH]1)C(=O)C[C@H]1CSSC[C@@H](C(=O)C[C@@H](CCCCN)C(=O)O)NC(=O)[C@H](Cc2ccc(O)cc2)NC(=O)C(C(C)O)NC(=O)[C@@H](Cc2ccccc2)CC(=O)[C@H](C(C)O)NC1=O. The first-order valence-corrected chi connectivity index (χ1v) is 28.2. The molecule has 10 atom stereocenters. The number of carboxylic acids is 1. The molecule has 4 amide bonds. The number of ketones is 3. The zero-order chi connectivity index (χ0) is 55.5. The summed E-state index contributed by atoms with van der Waals surface area (Å²) in [5, 5.41) is 57.2. The van der Waals surface area contributed by atoms with Gasteiger partial charge in [0.2, 0.25) is 23.6 Å². The zero-order valence-corrected chi connectivity index (χ0v) is 45.0. The molecule has 1 fully saturated rings. The molecule has 0 bridgehead atoms. The molecule has 1 aromatic heterocycles. The standard InChI is InChI=1S/C55H73N7O12S2/c1-31(2)57-43(28-40-24-36-14-8-9-16-42(36)58-40)46(66)27-39-29-75-76-30-45(47(67)25-37(55(73)74)15-10-11-21-56)60-53(71)44(23-35-17-19-41(65)20-18-35)59-54(72)50(33(4)64)62-51(69)38(22-34-12-6-5-7-13-34)26-48(68)49(32(3)63)61-52(39)70/h5-9,12-14,16-20,24,31-33,37-39,43-45,49-50,57-58,63-65H,10-11,15,21-23,25-30,56H2,1-4H3,(H,59,72)(H,60,71)(H,61,70)(H,62,69)(H,73,74)/t32?,33?,37-,38+,39+,43-,44+,45+,49+,50?/m1/s1. The number of phenols is 1. The average Bonchev–Trinajstić information content (AvgIpc) is 3.79. The third kappa shape index (κ3) is 18.9. The summed E-state index contributed by atoms with van der Waals surface area (Å²) in [6.07, 6.45) is -3.31. The van der Waals surface area contributed by atoms with E-state index in [0.29, 0.717) is 30.5 Å².